The molecule has 0 amide bonds. The Morgan fingerprint density at radius 2 is 0.700 bits per heavy atom. The maximum Gasteiger partial charge on any atom is 0.172 e. The lowest BCUT2D eigenvalue weighted by Gasteiger charge is -2.10. The van der Waals surface area contributed by atoms with Gasteiger partial charge in [-0.15, -0.1) is 0 Å². The molecule has 0 saturated heterocycles. The fraction of sp³-hybridized carbons (Fsp3) is 0.872. The van der Waals surface area contributed by atoms with Crippen molar-refractivity contribution in [1.29, 1.82) is 0 Å². The van der Waals surface area contributed by atoms with Gasteiger partial charge >= 0.3 is 0 Å². The highest BCUT2D eigenvalue weighted by atomic mass is 14.9. The van der Waals surface area contributed by atoms with Gasteiger partial charge in [-0.25, -0.2) is 4.57 Å². The van der Waals surface area contributed by atoms with Crippen LogP contribution in [0, 0.1) is 0 Å². The van der Waals surface area contributed by atoms with E-state index < -0.39 is 0 Å². The highest BCUT2D eigenvalue weighted by molar-refractivity contribution is 5.21. The molecule has 0 fully saturated rings. The van der Waals surface area contributed by atoms with Crippen LogP contribution in [0.3, 0.4) is 0 Å². The molecule has 40 heavy (non-hydrogen) atoms. The summed E-state index contributed by atoms with van der Waals surface area (Å²) >= 11 is 0. The summed E-state index contributed by atoms with van der Waals surface area (Å²) in [5, 5.41) is 0. The van der Waals surface area contributed by atoms with Crippen LogP contribution in [-0.4, -0.2) is 0 Å². The first kappa shape index (κ1) is 37.2. The van der Waals surface area contributed by atoms with E-state index in [0.29, 0.717) is 0 Å². The molecule has 1 aromatic rings. The molecule has 0 spiro atoms. The second-order valence-electron chi connectivity index (χ2n) is 13.1. The highest BCUT2D eigenvalue weighted by Crippen LogP contribution is 2.18. The van der Waals surface area contributed by atoms with Gasteiger partial charge in [0.2, 0.25) is 0 Å². The smallest absolute Gasteiger partial charge is 0.172 e. The second-order valence-corrected chi connectivity index (χ2v) is 13.1. The number of hydrogen-bond donors (Lipinski definition) is 0. The Morgan fingerprint density at radius 3 is 1.10 bits per heavy atom. The second kappa shape index (κ2) is 29.6. The maximum atomic E-state index is 2.54. The Morgan fingerprint density at radius 1 is 0.375 bits per heavy atom. The van der Waals surface area contributed by atoms with Crippen LogP contribution in [0.25, 0.3) is 0 Å². The Kier molecular flexibility index (Phi) is 27.5. The van der Waals surface area contributed by atoms with E-state index in [-0.39, 0.29) is 0 Å². The average Bonchev–Trinajstić information content (AvgIpc) is 2.97. The summed E-state index contributed by atoms with van der Waals surface area (Å²) in [6, 6.07) is 2.49. The number of aromatic nitrogens is 1. The van der Waals surface area contributed by atoms with Gasteiger partial charge in [0, 0.05) is 18.1 Å². The van der Waals surface area contributed by atoms with Crippen molar-refractivity contribution in [2.45, 2.75) is 220 Å². The first-order chi connectivity index (χ1) is 19.8. The van der Waals surface area contributed by atoms with E-state index in [4.69, 9.17) is 0 Å². The lowest BCUT2D eigenvalue weighted by Crippen LogP contribution is -2.34. The van der Waals surface area contributed by atoms with Crippen LogP contribution >= 0.6 is 0 Å². The Labute approximate surface area is 253 Å². The van der Waals surface area contributed by atoms with Crippen molar-refractivity contribution in [3.63, 3.8) is 0 Å². The van der Waals surface area contributed by atoms with Crippen molar-refractivity contribution in [3.05, 3.63) is 29.6 Å². The standard InChI is InChI=1S/C39H74N/c1-4-7-10-13-16-19-20-21-22-25-28-31-35-40-36-34-38(32-29-26-23-17-14-11-8-5-2)39(37-40)33-30-27-24-18-15-12-9-6-3/h34,36-37H,4-33,35H2,1-3H3/q+1. The fourth-order valence-corrected chi connectivity index (χ4v) is 6.26. The molecular weight excluding hydrogens is 482 g/mol. The first-order valence-electron chi connectivity index (χ1n) is 18.8. The largest absolute Gasteiger partial charge is 0.205 e. The third-order valence-electron chi connectivity index (χ3n) is 9.07. The van der Waals surface area contributed by atoms with Gasteiger partial charge < -0.3 is 0 Å². The SMILES string of the molecule is CCCCCCCCCCCCCC[n+]1ccc(CCCCCCCCCC)c(CCCCCCCCCC)c1. The molecule has 0 aliphatic heterocycles. The maximum absolute atomic E-state index is 2.54. The van der Waals surface area contributed by atoms with Gasteiger partial charge in [-0.05, 0) is 37.7 Å². The molecule has 234 valence electrons. The number of nitrogens with zero attached hydrogens (tertiary/aromatic N) is 1. The summed E-state index contributed by atoms with van der Waals surface area (Å²) in [7, 11) is 0. The monoisotopic (exact) mass is 557 g/mol. The van der Waals surface area contributed by atoms with E-state index in [2.05, 4.69) is 43.8 Å². The lowest BCUT2D eigenvalue weighted by atomic mass is 9.97. The normalized spacial score (nSPS) is 11.5. The number of aryl methyl sites for hydroxylation is 3. The molecule has 1 rings (SSSR count). The number of rotatable bonds is 31. The zero-order valence-corrected chi connectivity index (χ0v) is 28.1. The first-order valence-corrected chi connectivity index (χ1v) is 18.8. The van der Waals surface area contributed by atoms with Gasteiger partial charge in [0.25, 0.3) is 0 Å². The zero-order valence-electron chi connectivity index (χ0n) is 28.1. The van der Waals surface area contributed by atoms with Crippen LogP contribution in [0.15, 0.2) is 18.5 Å². The fourth-order valence-electron chi connectivity index (χ4n) is 6.26. The van der Waals surface area contributed by atoms with E-state index in [1.807, 2.05) is 0 Å². The predicted octanol–water partition coefficient (Wildman–Crippen LogP) is 13.0. The quantitative estimate of drug-likeness (QED) is 0.0632. The van der Waals surface area contributed by atoms with Crippen LogP contribution in [0.2, 0.25) is 0 Å². The highest BCUT2D eigenvalue weighted by Gasteiger charge is 2.10. The van der Waals surface area contributed by atoms with Crippen molar-refractivity contribution in [2.24, 2.45) is 0 Å². The van der Waals surface area contributed by atoms with E-state index >= 15 is 0 Å². The molecule has 0 aliphatic carbocycles. The predicted molar refractivity (Wildman–Crippen MR) is 180 cm³/mol. The molecule has 0 saturated carbocycles. The minimum Gasteiger partial charge on any atom is -0.205 e. The van der Waals surface area contributed by atoms with Crippen molar-refractivity contribution >= 4 is 0 Å². The van der Waals surface area contributed by atoms with Gasteiger partial charge in [0.05, 0.1) is 0 Å². The van der Waals surface area contributed by atoms with Crippen molar-refractivity contribution < 1.29 is 4.57 Å². The molecule has 1 heterocycles. The number of hydrogen-bond acceptors (Lipinski definition) is 0. The van der Waals surface area contributed by atoms with Gasteiger partial charge in [-0.3, -0.25) is 0 Å². The summed E-state index contributed by atoms with van der Waals surface area (Å²) < 4.78 is 2.52. The van der Waals surface area contributed by atoms with Crippen molar-refractivity contribution in [2.75, 3.05) is 0 Å². The van der Waals surface area contributed by atoms with E-state index in [9.17, 15) is 0 Å². The summed E-state index contributed by atoms with van der Waals surface area (Å²) in [6.07, 6.45) is 47.4. The van der Waals surface area contributed by atoms with Gasteiger partial charge in [-0.1, -0.05) is 175 Å². The summed E-state index contributed by atoms with van der Waals surface area (Å²) in [5.41, 5.74) is 3.32. The van der Waals surface area contributed by atoms with Crippen LogP contribution in [-0.2, 0) is 19.4 Å². The van der Waals surface area contributed by atoms with Crippen LogP contribution < -0.4 is 4.57 Å². The Balaban J connectivity index is 2.33. The van der Waals surface area contributed by atoms with Gasteiger partial charge in [0.15, 0.2) is 12.4 Å². The molecule has 0 aromatic carbocycles. The van der Waals surface area contributed by atoms with Crippen LogP contribution in [0.5, 0.6) is 0 Å². The molecule has 0 bridgehead atoms. The van der Waals surface area contributed by atoms with E-state index in [1.54, 1.807) is 11.1 Å². The van der Waals surface area contributed by atoms with E-state index in [0.717, 1.165) is 0 Å². The molecule has 0 N–H and O–H groups in total. The topological polar surface area (TPSA) is 3.88 Å². The summed E-state index contributed by atoms with van der Waals surface area (Å²) in [6.45, 7) is 8.14. The van der Waals surface area contributed by atoms with E-state index in [1.165, 1.54) is 199 Å². The molecule has 0 radical (unpaired) electrons. The average molecular weight is 557 g/mol. The Hall–Kier alpha value is -0.850. The third-order valence-corrected chi connectivity index (χ3v) is 9.07. The van der Waals surface area contributed by atoms with Crippen molar-refractivity contribution in [3.8, 4) is 0 Å². The summed E-state index contributed by atoms with van der Waals surface area (Å²) in [5.74, 6) is 0. The van der Waals surface area contributed by atoms with Gasteiger partial charge in [0.1, 0.15) is 6.54 Å². The molecule has 0 atom stereocenters. The van der Waals surface area contributed by atoms with Crippen molar-refractivity contribution in [1.82, 2.24) is 0 Å². The van der Waals surface area contributed by atoms with Crippen LogP contribution in [0.4, 0.5) is 0 Å². The van der Waals surface area contributed by atoms with Crippen LogP contribution in [0.1, 0.15) is 212 Å². The molecule has 0 aliphatic rings. The molecule has 0 unspecified atom stereocenters. The lowest BCUT2D eigenvalue weighted by molar-refractivity contribution is -0.697. The molecular formula is C39H74N+. The van der Waals surface area contributed by atoms with Gasteiger partial charge in [-0.2, -0.15) is 0 Å². The molecule has 1 heteroatoms. The molecule has 1 aromatic heterocycles. The zero-order chi connectivity index (χ0) is 28.8. The number of pyridine rings is 1. The Bertz CT molecular complexity index is 636. The molecule has 1 nitrogen and oxygen atoms in total. The minimum absolute atomic E-state index is 1.21. The summed E-state index contributed by atoms with van der Waals surface area (Å²) in [4.78, 5) is 0. The minimum atomic E-state index is 1.21. The number of unbranched alkanes of at least 4 members (excludes halogenated alkanes) is 25. The third kappa shape index (κ3) is 22.8.